The Hall–Kier alpha value is -3.07. The molecule has 0 saturated carbocycles. The highest BCUT2D eigenvalue weighted by Gasteiger charge is 2.22. The second-order valence-electron chi connectivity index (χ2n) is 20.9. The third-order valence-electron chi connectivity index (χ3n) is 12.6. The Kier molecular flexibility index (Phi) is 52.4. The van der Waals surface area contributed by atoms with E-state index < -0.39 is 32.5 Å². The summed E-state index contributed by atoms with van der Waals surface area (Å²) in [5.41, 5.74) is 0. The predicted octanol–water partition coefficient (Wildman–Crippen LogP) is 18.2. The first-order valence-corrected chi connectivity index (χ1v) is 31.4. The number of ether oxygens (including phenoxy) is 2. The van der Waals surface area contributed by atoms with E-state index in [0.29, 0.717) is 17.4 Å². The van der Waals surface area contributed by atoms with Crippen LogP contribution in [-0.4, -0.2) is 70.0 Å². The molecule has 2 unspecified atom stereocenters. The summed E-state index contributed by atoms with van der Waals surface area (Å²) in [5.74, 6) is -0.843. The number of unbranched alkanes of at least 4 members (excludes halogenated alkanes) is 24. The summed E-state index contributed by atoms with van der Waals surface area (Å²) < 4.78 is 34.2. The highest BCUT2D eigenvalue weighted by molar-refractivity contribution is 7.45. The summed E-state index contributed by atoms with van der Waals surface area (Å²) >= 11 is 0. The lowest BCUT2D eigenvalue weighted by molar-refractivity contribution is -0.870. The van der Waals surface area contributed by atoms with Gasteiger partial charge in [0.15, 0.2) is 6.10 Å². The first kappa shape index (κ1) is 70.9. The number of esters is 2. The van der Waals surface area contributed by atoms with Gasteiger partial charge < -0.3 is 27.9 Å². The van der Waals surface area contributed by atoms with Crippen molar-refractivity contribution in [3.05, 3.63) is 97.2 Å². The molecule has 0 amide bonds. The lowest BCUT2D eigenvalue weighted by Crippen LogP contribution is -2.37. The molecule has 10 heteroatoms. The van der Waals surface area contributed by atoms with Gasteiger partial charge in [-0.2, -0.15) is 0 Å². The molecular formula is C64H112NO8P. The van der Waals surface area contributed by atoms with Crippen molar-refractivity contribution in [2.75, 3.05) is 47.5 Å². The predicted molar refractivity (Wildman–Crippen MR) is 314 cm³/mol. The van der Waals surface area contributed by atoms with Crippen molar-refractivity contribution in [3.63, 3.8) is 0 Å². The zero-order chi connectivity index (χ0) is 54.2. The van der Waals surface area contributed by atoms with Gasteiger partial charge in [0, 0.05) is 12.8 Å². The van der Waals surface area contributed by atoms with E-state index in [2.05, 4.69) is 111 Å². The second-order valence-corrected chi connectivity index (χ2v) is 22.4. The molecule has 0 saturated heterocycles. The van der Waals surface area contributed by atoms with Gasteiger partial charge in [0.2, 0.25) is 0 Å². The van der Waals surface area contributed by atoms with Crippen LogP contribution in [0.3, 0.4) is 0 Å². The van der Waals surface area contributed by atoms with Gasteiger partial charge in [-0.3, -0.25) is 14.2 Å². The van der Waals surface area contributed by atoms with Crippen LogP contribution in [0.1, 0.15) is 245 Å². The van der Waals surface area contributed by atoms with Crippen molar-refractivity contribution < 1.29 is 42.1 Å². The molecule has 0 bridgehead atoms. The molecule has 0 N–H and O–H groups in total. The molecule has 0 aliphatic rings. The van der Waals surface area contributed by atoms with Gasteiger partial charge >= 0.3 is 11.9 Å². The Morgan fingerprint density at radius 3 is 1.08 bits per heavy atom. The summed E-state index contributed by atoms with van der Waals surface area (Å²) in [4.78, 5) is 37.9. The van der Waals surface area contributed by atoms with Gasteiger partial charge in [0.05, 0.1) is 27.7 Å². The molecular weight excluding hydrogens is 942 g/mol. The normalized spacial score (nSPS) is 14.0. The molecule has 0 aromatic heterocycles. The van der Waals surface area contributed by atoms with Crippen LogP contribution in [0.25, 0.3) is 0 Å². The third-order valence-corrected chi connectivity index (χ3v) is 13.6. The Morgan fingerprint density at radius 2 is 0.730 bits per heavy atom. The fourth-order valence-corrected chi connectivity index (χ4v) is 8.78. The molecule has 0 fully saturated rings. The molecule has 0 aromatic rings. The lowest BCUT2D eigenvalue weighted by atomic mass is 10.0. The molecule has 0 aliphatic carbocycles. The molecule has 0 spiro atoms. The molecule has 426 valence electrons. The Labute approximate surface area is 455 Å². The molecule has 0 aliphatic heterocycles. The number of carbonyl (C=O) groups excluding carboxylic acids is 2. The van der Waals surface area contributed by atoms with E-state index >= 15 is 0 Å². The van der Waals surface area contributed by atoms with Crippen molar-refractivity contribution >= 4 is 19.8 Å². The number of phosphoric acid groups is 1. The van der Waals surface area contributed by atoms with Crippen LogP contribution in [-0.2, 0) is 32.7 Å². The maximum atomic E-state index is 12.8. The average molecular weight is 1050 g/mol. The van der Waals surface area contributed by atoms with Crippen LogP contribution in [0, 0.1) is 0 Å². The Balaban J connectivity index is 4.07. The van der Waals surface area contributed by atoms with E-state index in [-0.39, 0.29) is 26.1 Å². The monoisotopic (exact) mass is 1050 g/mol. The van der Waals surface area contributed by atoms with E-state index in [1.807, 2.05) is 21.1 Å². The SMILES string of the molecule is CC/C=C\C/C=C\C/C=C\C/C=C\C/C=C\CCCCCCCCCCCCCCCCCCCC(=O)OC(COC(=O)CCCCCCCCC/C=C\C/C=C\C/C=C\CC)COP(=O)([O-])OCC[N+](C)(C)C. The van der Waals surface area contributed by atoms with Crippen molar-refractivity contribution in [2.24, 2.45) is 0 Å². The number of hydrogen-bond acceptors (Lipinski definition) is 8. The van der Waals surface area contributed by atoms with Crippen molar-refractivity contribution in [3.8, 4) is 0 Å². The number of quaternary nitrogens is 1. The number of phosphoric ester groups is 1. The van der Waals surface area contributed by atoms with Crippen LogP contribution in [0.4, 0.5) is 0 Å². The summed E-state index contributed by atoms with van der Waals surface area (Å²) in [6.45, 7) is 4.01. The van der Waals surface area contributed by atoms with Crippen molar-refractivity contribution in [2.45, 2.75) is 251 Å². The molecule has 0 radical (unpaired) electrons. The van der Waals surface area contributed by atoms with Crippen LogP contribution < -0.4 is 4.89 Å². The van der Waals surface area contributed by atoms with Gasteiger partial charge in [-0.1, -0.05) is 239 Å². The zero-order valence-corrected chi connectivity index (χ0v) is 49.2. The van der Waals surface area contributed by atoms with Gasteiger partial charge in [-0.25, -0.2) is 0 Å². The summed E-state index contributed by atoms with van der Waals surface area (Å²) in [6.07, 6.45) is 74.6. The highest BCUT2D eigenvalue weighted by Crippen LogP contribution is 2.38. The minimum Gasteiger partial charge on any atom is -0.756 e. The fourth-order valence-electron chi connectivity index (χ4n) is 8.05. The maximum absolute atomic E-state index is 12.8. The quantitative estimate of drug-likeness (QED) is 0.0195. The van der Waals surface area contributed by atoms with Gasteiger partial charge in [0.1, 0.15) is 19.8 Å². The van der Waals surface area contributed by atoms with E-state index in [4.69, 9.17) is 18.5 Å². The van der Waals surface area contributed by atoms with Crippen LogP contribution in [0.5, 0.6) is 0 Å². The van der Waals surface area contributed by atoms with E-state index in [0.717, 1.165) is 103 Å². The van der Waals surface area contributed by atoms with Crippen LogP contribution in [0.2, 0.25) is 0 Å². The number of nitrogens with zero attached hydrogens (tertiary/aromatic N) is 1. The standard InChI is InChI=1S/C64H112NO8P/c1-6-8-10-12-14-16-18-20-22-24-25-26-27-28-29-30-31-32-33-34-35-36-37-38-39-41-43-45-47-49-51-53-55-57-64(67)73-62(61-72-74(68,69)71-59-58-65(3,4)5)60-70-63(66)56-54-52-50-48-46-44-42-40-23-21-19-17-15-13-11-9-7-2/h8-11,14-17,20-23,25-26,28-29,62H,6-7,12-13,18-19,24,27,30-61H2,1-5H3/b10-8-,11-9-,16-14-,17-15-,22-20-,23-21-,26-25-,29-28-. The van der Waals surface area contributed by atoms with Gasteiger partial charge in [0.25, 0.3) is 7.82 Å². The third kappa shape index (κ3) is 58.2. The first-order chi connectivity index (χ1) is 36.0. The molecule has 0 aromatic carbocycles. The lowest BCUT2D eigenvalue weighted by Gasteiger charge is -2.28. The Bertz CT molecular complexity index is 1570. The van der Waals surface area contributed by atoms with Gasteiger partial charge in [-0.15, -0.1) is 0 Å². The molecule has 0 heterocycles. The molecule has 0 rings (SSSR count). The summed E-state index contributed by atoms with van der Waals surface area (Å²) in [7, 11) is 1.16. The number of likely N-dealkylation sites (N-methyl/N-ethyl adjacent to an activating group) is 1. The molecule has 74 heavy (non-hydrogen) atoms. The van der Waals surface area contributed by atoms with Crippen molar-refractivity contribution in [1.29, 1.82) is 0 Å². The van der Waals surface area contributed by atoms with Gasteiger partial charge in [-0.05, 0) is 89.9 Å². The molecule has 9 nitrogen and oxygen atoms in total. The van der Waals surface area contributed by atoms with Crippen LogP contribution in [0.15, 0.2) is 97.2 Å². The van der Waals surface area contributed by atoms with Crippen LogP contribution >= 0.6 is 7.82 Å². The topological polar surface area (TPSA) is 111 Å². The minimum atomic E-state index is -4.64. The number of rotatable bonds is 54. The zero-order valence-electron chi connectivity index (χ0n) is 48.3. The highest BCUT2D eigenvalue weighted by atomic mass is 31.2. The Morgan fingerprint density at radius 1 is 0.419 bits per heavy atom. The van der Waals surface area contributed by atoms with E-state index in [9.17, 15) is 19.0 Å². The largest absolute Gasteiger partial charge is 0.756 e. The average Bonchev–Trinajstić information content (AvgIpc) is 3.36. The smallest absolute Gasteiger partial charge is 0.306 e. The van der Waals surface area contributed by atoms with E-state index in [1.165, 1.54) is 109 Å². The fraction of sp³-hybridized carbons (Fsp3) is 0.719. The summed E-state index contributed by atoms with van der Waals surface area (Å²) in [6, 6.07) is 0. The summed E-state index contributed by atoms with van der Waals surface area (Å²) in [5, 5.41) is 0. The maximum Gasteiger partial charge on any atom is 0.306 e. The van der Waals surface area contributed by atoms with Crippen molar-refractivity contribution in [1.82, 2.24) is 0 Å². The molecule has 2 atom stereocenters. The number of allylic oxidation sites excluding steroid dienone is 16. The first-order valence-electron chi connectivity index (χ1n) is 29.9. The minimum absolute atomic E-state index is 0.0356. The number of hydrogen-bond donors (Lipinski definition) is 0. The second kappa shape index (κ2) is 54.7. The number of carbonyl (C=O) groups is 2. The van der Waals surface area contributed by atoms with E-state index in [1.54, 1.807) is 0 Å².